The molecule has 0 fully saturated rings. The van der Waals surface area contributed by atoms with E-state index in [4.69, 9.17) is 10.00 Å². The van der Waals surface area contributed by atoms with Crippen molar-refractivity contribution in [3.05, 3.63) is 92.3 Å². The standard InChI is InChI=1S/C22H16FIN2O2/c1-14-9-18(28-13-16-4-2-3-15(10-16)12-25)6-8-21(14)26-22(27)19-11-17(23)5-7-20(19)24/h2-11H,13H2,1H3,(H,26,27). The molecule has 1 amide bonds. The van der Waals surface area contributed by atoms with Crippen molar-refractivity contribution < 1.29 is 13.9 Å². The van der Waals surface area contributed by atoms with Crippen molar-refractivity contribution in [2.75, 3.05) is 5.32 Å². The molecule has 0 bridgehead atoms. The van der Waals surface area contributed by atoms with E-state index in [1.54, 1.807) is 30.3 Å². The first-order chi connectivity index (χ1) is 13.5. The van der Waals surface area contributed by atoms with E-state index in [9.17, 15) is 9.18 Å². The number of carbonyl (C=O) groups is 1. The molecule has 0 aromatic heterocycles. The van der Waals surface area contributed by atoms with E-state index < -0.39 is 5.82 Å². The molecule has 0 aliphatic carbocycles. The monoisotopic (exact) mass is 486 g/mol. The topological polar surface area (TPSA) is 62.1 Å². The van der Waals surface area contributed by atoms with Crippen molar-refractivity contribution in [2.24, 2.45) is 0 Å². The van der Waals surface area contributed by atoms with Gasteiger partial charge in [0.15, 0.2) is 0 Å². The summed E-state index contributed by atoms with van der Waals surface area (Å²) >= 11 is 2.00. The van der Waals surface area contributed by atoms with Gasteiger partial charge in [0.25, 0.3) is 5.91 Å². The summed E-state index contributed by atoms with van der Waals surface area (Å²) in [4.78, 5) is 12.5. The van der Waals surface area contributed by atoms with Crippen molar-refractivity contribution in [2.45, 2.75) is 13.5 Å². The van der Waals surface area contributed by atoms with E-state index >= 15 is 0 Å². The number of rotatable bonds is 5. The van der Waals surface area contributed by atoms with Crippen LogP contribution in [0.4, 0.5) is 10.1 Å². The predicted molar refractivity (Wildman–Crippen MR) is 114 cm³/mol. The van der Waals surface area contributed by atoms with E-state index in [1.165, 1.54) is 12.1 Å². The van der Waals surface area contributed by atoms with E-state index in [0.717, 1.165) is 11.1 Å². The lowest BCUT2D eigenvalue weighted by molar-refractivity contribution is 0.102. The lowest BCUT2D eigenvalue weighted by atomic mass is 10.1. The quantitative estimate of drug-likeness (QED) is 0.489. The Morgan fingerprint density at radius 1 is 1.18 bits per heavy atom. The van der Waals surface area contributed by atoms with Gasteiger partial charge in [-0.1, -0.05) is 12.1 Å². The molecular formula is C22H16FIN2O2. The van der Waals surface area contributed by atoms with Crippen LogP contribution in [0.15, 0.2) is 60.7 Å². The number of amides is 1. The molecule has 6 heteroatoms. The highest BCUT2D eigenvalue weighted by Gasteiger charge is 2.13. The van der Waals surface area contributed by atoms with Crippen LogP contribution in [0.3, 0.4) is 0 Å². The van der Waals surface area contributed by atoms with Crippen LogP contribution in [-0.2, 0) is 6.61 Å². The minimum Gasteiger partial charge on any atom is -0.489 e. The molecule has 1 N–H and O–H groups in total. The average Bonchev–Trinajstić information content (AvgIpc) is 2.70. The third kappa shape index (κ3) is 4.87. The van der Waals surface area contributed by atoms with E-state index in [0.29, 0.717) is 27.2 Å². The Labute approximate surface area is 176 Å². The molecule has 0 radical (unpaired) electrons. The van der Waals surface area contributed by atoms with Crippen LogP contribution in [0.2, 0.25) is 0 Å². The fraction of sp³-hybridized carbons (Fsp3) is 0.0909. The second-order valence-corrected chi connectivity index (χ2v) is 7.32. The number of benzene rings is 3. The number of ether oxygens (including phenoxy) is 1. The molecule has 0 heterocycles. The minimum absolute atomic E-state index is 0.290. The van der Waals surface area contributed by atoms with Crippen LogP contribution < -0.4 is 10.1 Å². The summed E-state index contributed by atoms with van der Waals surface area (Å²) in [6, 6.07) is 18.8. The Kier molecular flexibility index (Phi) is 6.26. The zero-order valence-corrected chi connectivity index (χ0v) is 17.2. The summed E-state index contributed by atoms with van der Waals surface area (Å²) in [6.45, 7) is 2.19. The molecule has 0 saturated heterocycles. The van der Waals surface area contributed by atoms with Crippen molar-refractivity contribution in [3.8, 4) is 11.8 Å². The van der Waals surface area contributed by atoms with Crippen molar-refractivity contribution in [1.82, 2.24) is 0 Å². The summed E-state index contributed by atoms with van der Waals surface area (Å²) in [7, 11) is 0. The highest BCUT2D eigenvalue weighted by molar-refractivity contribution is 14.1. The molecule has 140 valence electrons. The Hall–Kier alpha value is -2.92. The third-order valence-corrected chi connectivity index (χ3v) is 5.02. The molecular weight excluding hydrogens is 470 g/mol. The number of hydrogen-bond acceptors (Lipinski definition) is 3. The van der Waals surface area contributed by atoms with Crippen molar-refractivity contribution >= 4 is 34.2 Å². The van der Waals surface area contributed by atoms with E-state index in [-0.39, 0.29) is 11.5 Å². The summed E-state index contributed by atoms with van der Waals surface area (Å²) in [6.07, 6.45) is 0. The van der Waals surface area contributed by atoms with Gasteiger partial charge in [-0.2, -0.15) is 5.26 Å². The lowest BCUT2D eigenvalue weighted by Gasteiger charge is -2.12. The van der Waals surface area contributed by atoms with Crippen LogP contribution >= 0.6 is 22.6 Å². The number of nitrogens with one attached hydrogen (secondary N) is 1. The van der Waals surface area contributed by atoms with Crippen LogP contribution in [0.1, 0.15) is 27.0 Å². The zero-order chi connectivity index (χ0) is 20.1. The van der Waals surface area contributed by atoms with Gasteiger partial charge in [0.05, 0.1) is 17.2 Å². The number of carbonyl (C=O) groups excluding carboxylic acids is 1. The molecule has 0 unspecified atom stereocenters. The molecule has 0 aliphatic rings. The van der Waals surface area contributed by atoms with Gasteiger partial charge < -0.3 is 10.1 Å². The van der Waals surface area contributed by atoms with E-state index in [1.807, 2.05) is 47.7 Å². The first-order valence-corrected chi connectivity index (χ1v) is 9.53. The van der Waals surface area contributed by atoms with Gasteiger partial charge in [-0.3, -0.25) is 4.79 Å². The highest BCUT2D eigenvalue weighted by Crippen LogP contribution is 2.24. The van der Waals surface area contributed by atoms with Gasteiger partial charge in [0, 0.05) is 9.26 Å². The number of halogens is 2. The summed E-state index contributed by atoms with van der Waals surface area (Å²) in [5.41, 5.74) is 3.22. The van der Waals surface area contributed by atoms with E-state index in [2.05, 4.69) is 11.4 Å². The first-order valence-electron chi connectivity index (χ1n) is 8.45. The smallest absolute Gasteiger partial charge is 0.256 e. The second-order valence-electron chi connectivity index (χ2n) is 6.16. The second kappa shape index (κ2) is 8.85. The molecule has 3 aromatic rings. The maximum Gasteiger partial charge on any atom is 0.256 e. The normalized spacial score (nSPS) is 10.2. The molecule has 0 atom stereocenters. The first kappa shape index (κ1) is 19.8. The molecule has 0 saturated carbocycles. The minimum atomic E-state index is -0.452. The molecule has 3 rings (SSSR count). The Bertz CT molecular complexity index is 1080. The van der Waals surface area contributed by atoms with Gasteiger partial charge >= 0.3 is 0 Å². The maximum atomic E-state index is 13.4. The summed E-state index contributed by atoms with van der Waals surface area (Å²) in [5, 5.41) is 11.8. The number of aryl methyl sites for hydroxylation is 1. The Morgan fingerprint density at radius 2 is 2.00 bits per heavy atom. The molecule has 0 spiro atoms. The van der Waals surface area contributed by atoms with Crippen LogP contribution in [0, 0.1) is 27.6 Å². The van der Waals surface area contributed by atoms with Crippen LogP contribution in [-0.4, -0.2) is 5.91 Å². The fourth-order valence-electron chi connectivity index (χ4n) is 2.62. The Morgan fingerprint density at radius 3 is 2.75 bits per heavy atom. The highest BCUT2D eigenvalue weighted by atomic mass is 127. The van der Waals surface area contributed by atoms with Crippen molar-refractivity contribution in [3.63, 3.8) is 0 Å². The van der Waals surface area contributed by atoms with Crippen LogP contribution in [0.25, 0.3) is 0 Å². The van der Waals surface area contributed by atoms with Crippen LogP contribution in [0.5, 0.6) is 5.75 Å². The molecule has 4 nitrogen and oxygen atoms in total. The van der Waals surface area contributed by atoms with Gasteiger partial charge in [0.1, 0.15) is 18.2 Å². The van der Waals surface area contributed by atoms with Gasteiger partial charge in [-0.05, 0) is 89.2 Å². The number of nitriles is 1. The predicted octanol–water partition coefficient (Wildman–Crippen LogP) is 5.44. The third-order valence-electron chi connectivity index (χ3n) is 4.08. The number of anilines is 1. The fourth-order valence-corrected chi connectivity index (χ4v) is 3.21. The van der Waals surface area contributed by atoms with Crippen molar-refractivity contribution in [1.29, 1.82) is 5.26 Å². The van der Waals surface area contributed by atoms with Gasteiger partial charge in [-0.25, -0.2) is 4.39 Å². The number of hydrogen-bond donors (Lipinski definition) is 1. The van der Waals surface area contributed by atoms with Gasteiger partial charge in [-0.15, -0.1) is 0 Å². The maximum absolute atomic E-state index is 13.4. The Balaban J connectivity index is 1.69. The molecule has 3 aromatic carbocycles. The summed E-state index contributed by atoms with van der Waals surface area (Å²) < 4.78 is 19.9. The zero-order valence-electron chi connectivity index (χ0n) is 15.0. The number of nitrogens with zero attached hydrogens (tertiary/aromatic N) is 1. The van der Waals surface area contributed by atoms with Gasteiger partial charge in [0.2, 0.25) is 0 Å². The summed E-state index contributed by atoms with van der Waals surface area (Å²) in [5.74, 6) is -0.168. The lowest BCUT2D eigenvalue weighted by Crippen LogP contribution is -2.14. The molecule has 0 aliphatic heterocycles. The largest absolute Gasteiger partial charge is 0.489 e. The molecule has 28 heavy (non-hydrogen) atoms. The average molecular weight is 486 g/mol. The SMILES string of the molecule is Cc1cc(OCc2cccc(C#N)c2)ccc1NC(=O)c1cc(F)ccc1I.